The standard InChI is InChI=1S/C13H8ClF3N2O2/c14-11-7-3-5-9(18-11)12(20)19-8-4-1-2-6-10(8)21-13(15,16)17/h1-7H,(H,19,20). The molecule has 8 heteroatoms. The van der Waals surface area contributed by atoms with Crippen LogP contribution in [-0.2, 0) is 0 Å². The van der Waals surface area contributed by atoms with Gasteiger partial charge in [-0.1, -0.05) is 29.8 Å². The number of aromatic nitrogens is 1. The average molecular weight is 317 g/mol. The molecule has 2 rings (SSSR count). The molecule has 110 valence electrons. The lowest BCUT2D eigenvalue weighted by Crippen LogP contribution is -2.20. The Labute approximate surface area is 122 Å². The minimum Gasteiger partial charge on any atom is -0.404 e. The number of carbonyl (C=O) groups is 1. The van der Waals surface area contributed by atoms with E-state index < -0.39 is 18.0 Å². The van der Waals surface area contributed by atoms with Crippen LogP contribution in [0.1, 0.15) is 10.5 Å². The van der Waals surface area contributed by atoms with Crippen LogP contribution in [0.4, 0.5) is 18.9 Å². The van der Waals surface area contributed by atoms with Crippen molar-refractivity contribution in [3.8, 4) is 5.75 Å². The molecule has 0 radical (unpaired) electrons. The van der Waals surface area contributed by atoms with Gasteiger partial charge in [-0.2, -0.15) is 0 Å². The summed E-state index contributed by atoms with van der Waals surface area (Å²) in [7, 11) is 0. The molecule has 1 heterocycles. The molecule has 0 aliphatic rings. The van der Waals surface area contributed by atoms with Gasteiger partial charge in [-0.15, -0.1) is 13.2 Å². The molecule has 1 N–H and O–H groups in total. The van der Waals surface area contributed by atoms with Gasteiger partial charge in [-0.3, -0.25) is 4.79 Å². The van der Waals surface area contributed by atoms with Crippen LogP contribution in [0.15, 0.2) is 42.5 Å². The predicted octanol–water partition coefficient (Wildman–Crippen LogP) is 3.89. The van der Waals surface area contributed by atoms with Crippen molar-refractivity contribution in [2.45, 2.75) is 6.36 Å². The molecule has 0 fully saturated rings. The number of amides is 1. The molecule has 0 atom stereocenters. The monoisotopic (exact) mass is 316 g/mol. The molecule has 1 aromatic heterocycles. The molecule has 0 saturated heterocycles. The van der Waals surface area contributed by atoms with E-state index in [0.717, 1.165) is 6.07 Å². The maximum atomic E-state index is 12.3. The molecular weight excluding hydrogens is 309 g/mol. The van der Waals surface area contributed by atoms with E-state index in [1.54, 1.807) is 0 Å². The maximum Gasteiger partial charge on any atom is 0.573 e. The van der Waals surface area contributed by atoms with E-state index in [1.807, 2.05) is 0 Å². The maximum absolute atomic E-state index is 12.3. The van der Waals surface area contributed by atoms with Gasteiger partial charge in [-0.05, 0) is 24.3 Å². The number of benzene rings is 1. The Morgan fingerprint density at radius 3 is 2.52 bits per heavy atom. The summed E-state index contributed by atoms with van der Waals surface area (Å²) in [5.74, 6) is -1.21. The molecule has 0 spiro atoms. The number of hydrogen-bond donors (Lipinski definition) is 1. The molecular formula is C13H8ClF3N2O2. The van der Waals surface area contributed by atoms with Gasteiger partial charge < -0.3 is 10.1 Å². The van der Waals surface area contributed by atoms with Crippen LogP contribution in [0.5, 0.6) is 5.75 Å². The van der Waals surface area contributed by atoms with Gasteiger partial charge in [0.1, 0.15) is 10.8 Å². The van der Waals surface area contributed by atoms with Gasteiger partial charge in [0.05, 0.1) is 5.69 Å². The molecule has 1 amide bonds. The molecule has 4 nitrogen and oxygen atoms in total. The summed E-state index contributed by atoms with van der Waals surface area (Å²) < 4.78 is 40.6. The smallest absolute Gasteiger partial charge is 0.404 e. The zero-order valence-electron chi connectivity index (χ0n) is 10.3. The second-order valence-corrected chi connectivity index (χ2v) is 4.23. The Bertz CT molecular complexity index is 662. The van der Waals surface area contributed by atoms with Crippen molar-refractivity contribution in [3.05, 3.63) is 53.3 Å². The molecule has 21 heavy (non-hydrogen) atoms. The third-order valence-electron chi connectivity index (χ3n) is 2.31. The molecule has 0 aliphatic carbocycles. The van der Waals surface area contributed by atoms with Crippen LogP contribution >= 0.6 is 11.6 Å². The first-order chi connectivity index (χ1) is 9.85. The number of carbonyl (C=O) groups excluding carboxylic acids is 1. The predicted molar refractivity (Wildman–Crippen MR) is 70.3 cm³/mol. The number of rotatable bonds is 3. The highest BCUT2D eigenvalue weighted by molar-refractivity contribution is 6.29. The van der Waals surface area contributed by atoms with Gasteiger partial charge in [0.15, 0.2) is 5.75 Å². The van der Waals surface area contributed by atoms with E-state index in [9.17, 15) is 18.0 Å². The van der Waals surface area contributed by atoms with Crippen LogP contribution in [0.3, 0.4) is 0 Å². The molecule has 2 aromatic rings. The topological polar surface area (TPSA) is 51.2 Å². The van der Waals surface area contributed by atoms with Crippen LogP contribution in [0, 0.1) is 0 Å². The minimum atomic E-state index is -4.85. The van der Waals surface area contributed by atoms with Crippen molar-refractivity contribution < 1.29 is 22.7 Å². The fourth-order valence-corrected chi connectivity index (χ4v) is 1.67. The number of pyridine rings is 1. The number of nitrogens with zero attached hydrogens (tertiary/aromatic N) is 1. The van der Waals surface area contributed by atoms with E-state index in [2.05, 4.69) is 15.0 Å². The first-order valence-electron chi connectivity index (χ1n) is 5.64. The van der Waals surface area contributed by atoms with Gasteiger partial charge >= 0.3 is 6.36 Å². The summed E-state index contributed by atoms with van der Waals surface area (Å²) in [5.41, 5.74) is -0.147. The van der Waals surface area contributed by atoms with Gasteiger partial charge in [0, 0.05) is 0 Å². The van der Waals surface area contributed by atoms with Gasteiger partial charge in [0.2, 0.25) is 0 Å². The summed E-state index contributed by atoms with van der Waals surface area (Å²) in [5, 5.41) is 2.39. The average Bonchev–Trinajstić information content (AvgIpc) is 2.39. The van der Waals surface area contributed by atoms with Crippen molar-refractivity contribution in [1.29, 1.82) is 0 Å². The largest absolute Gasteiger partial charge is 0.573 e. The molecule has 1 aromatic carbocycles. The molecule has 0 bridgehead atoms. The van der Waals surface area contributed by atoms with E-state index in [-0.39, 0.29) is 16.5 Å². The third-order valence-corrected chi connectivity index (χ3v) is 2.52. The fraction of sp³-hybridized carbons (Fsp3) is 0.0769. The van der Waals surface area contributed by atoms with E-state index in [1.165, 1.54) is 36.4 Å². The summed E-state index contributed by atoms with van der Waals surface area (Å²) in [6.45, 7) is 0. The fourth-order valence-electron chi connectivity index (χ4n) is 1.50. The van der Waals surface area contributed by atoms with Crippen LogP contribution in [-0.4, -0.2) is 17.3 Å². The number of nitrogens with one attached hydrogen (secondary N) is 1. The zero-order chi connectivity index (χ0) is 15.5. The molecule has 0 aliphatic heterocycles. The Morgan fingerprint density at radius 1 is 1.14 bits per heavy atom. The summed E-state index contributed by atoms with van der Waals surface area (Å²) >= 11 is 5.65. The summed E-state index contributed by atoms with van der Waals surface area (Å²) in [6, 6.07) is 9.55. The van der Waals surface area contributed by atoms with Crippen molar-refractivity contribution in [1.82, 2.24) is 4.98 Å². The lowest BCUT2D eigenvalue weighted by molar-refractivity contribution is -0.274. The Kier molecular flexibility index (Phi) is 4.32. The lowest BCUT2D eigenvalue weighted by Gasteiger charge is -2.13. The SMILES string of the molecule is O=C(Nc1ccccc1OC(F)(F)F)c1cccc(Cl)n1. The number of alkyl halides is 3. The number of hydrogen-bond acceptors (Lipinski definition) is 3. The molecule has 0 unspecified atom stereocenters. The highest BCUT2D eigenvalue weighted by Gasteiger charge is 2.32. The van der Waals surface area contributed by atoms with Crippen molar-refractivity contribution >= 4 is 23.2 Å². The normalized spacial score (nSPS) is 11.0. The van der Waals surface area contributed by atoms with E-state index >= 15 is 0 Å². The minimum absolute atomic E-state index is 0.0238. The first kappa shape index (κ1) is 15.1. The van der Waals surface area contributed by atoms with Crippen LogP contribution < -0.4 is 10.1 Å². The second-order valence-electron chi connectivity index (χ2n) is 3.84. The lowest BCUT2D eigenvalue weighted by atomic mass is 10.2. The van der Waals surface area contributed by atoms with Crippen molar-refractivity contribution in [3.63, 3.8) is 0 Å². The highest BCUT2D eigenvalue weighted by Crippen LogP contribution is 2.30. The first-order valence-corrected chi connectivity index (χ1v) is 6.01. The Hall–Kier alpha value is -2.28. The van der Waals surface area contributed by atoms with Gasteiger partial charge in [-0.25, -0.2) is 4.98 Å². The zero-order valence-corrected chi connectivity index (χ0v) is 11.1. The third kappa shape index (κ3) is 4.35. The van der Waals surface area contributed by atoms with Crippen molar-refractivity contribution in [2.75, 3.05) is 5.32 Å². The van der Waals surface area contributed by atoms with E-state index in [0.29, 0.717) is 0 Å². The Morgan fingerprint density at radius 2 is 1.86 bits per heavy atom. The van der Waals surface area contributed by atoms with E-state index in [4.69, 9.17) is 11.6 Å². The summed E-state index contributed by atoms with van der Waals surface area (Å²) in [6.07, 6.45) is -4.85. The second kappa shape index (κ2) is 6.01. The molecule has 0 saturated carbocycles. The number of para-hydroxylation sites is 2. The highest BCUT2D eigenvalue weighted by atomic mass is 35.5. The Balaban J connectivity index is 2.22. The number of ether oxygens (including phenoxy) is 1. The van der Waals surface area contributed by atoms with Crippen molar-refractivity contribution in [2.24, 2.45) is 0 Å². The number of anilines is 1. The van der Waals surface area contributed by atoms with Crippen LogP contribution in [0.2, 0.25) is 5.15 Å². The number of halogens is 4. The van der Waals surface area contributed by atoms with Gasteiger partial charge in [0.25, 0.3) is 5.91 Å². The summed E-state index contributed by atoms with van der Waals surface area (Å²) in [4.78, 5) is 15.7. The van der Waals surface area contributed by atoms with Crippen LogP contribution in [0.25, 0.3) is 0 Å². The quantitative estimate of drug-likeness (QED) is 0.874.